The number of hydrogen-bond donors (Lipinski definition) is 0. The monoisotopic (exact) mass is 461 g/mol. The van der Waals surface area contributed by atoms with Crippen LogP contribution in [0.4, 0.5) is 18.9 Å². The van der Waals surface area contributed by atoms with Crippen LogP contribution in [0, 0.1) is 5.92 Å². The molecular formula is C24H26F3N3O3. The Hall–Kier alpha value is -3.23. The van der Waals surface area contributed by atoms with E-state index in [1.807, 2.05) is 29.2 Å². The van der Waals surface area contributed by atoms with E-state index in [0.29, 0.717) is 50.7 Å². The molecule has 2 fully saturated rings. The third-order valence-electron chi connectivity index (χ3n) is 6.20. The van der Waals surface area contributed by atoms with Crippen LogP contribution in [0.2, 0.25) is 0 Å². The van der Waals surface area contributed by atoms with E-state index >= 15 is 0 Å². The van der Waals surface area contributed by atoms with Crippen molar-refractivity contribution in [2.45, 2.75) is 19.1 Å². The second kappa shape index (κ2) is 9.33. The predicted octanol–water partition coefficient (Wildman–Crippen LogP) is 3.41. The number of alkyl halides is 3. The molecular weight excluding hydrogens is 435 g/mol. The van der Waals surface area contributed by atoms with E-state index in [1.54, 1.807) is 23.0 Å². The average Bonchev–Trinajstić information content (AvgIpc) is 3.18. The van der Waals surface area contributed by atoms with Crippen molar-refractivity contribution >= 4 is 17.5 Å². The fourth-order valence-electron chi connectivity index (χ4n) is 4.40. The number of halogens is 3. The summed E-state index contributed by atoms with van der Waals surface area (Å²) in [6.07, 6.45) is -4.21. The molecule has 2 aliphatic heterocycles. The van der Waals surface area contributed by atoms with Crippen LogP contribution >= 0.6 is 0 Å². The van der Waals surface area contributed by atoms with Crippen LogP contribution in [0.15, 0.2) is 48.5 Å². The van der Waals surface area contributed by atoms with Gasteiger partial charge in [-0.3, -0.25) is 9.59 Å². The van der Waals surface area contributed by atoms with E-state index in [2.05, 4.69) is 0 Å². The summed E-state index contributed by atoms with van der Waals surface area (Å²) in [5.41, 5.74) is 0.752. The van der Waals surface area contributed by atoms with Crippen molar-refractivity contribution in [1.29, 1.82) is 0 Å². The fraction of sp³-hybridized carbons (Fsp3) is 0.417. The van der Waals surface area contributed by atoms with Crippen LogP contribution in [0.1, 0.15) is 17.5 Å². The molecule has 9 heteroatoms. The lowest BCUT2D eigenvalue weighted by Gasteiger charge is -2.37. The highest BCUT2D eigenvalue weighted by Crippen LogP contribution is 2.32. The van der Waals surface area contributed by atoms with E-state index in [9.17, 15) is 22.8 Å². The fourth-order valence-corrected chi connectivity index (χ4v) is 4.40. The Morgan fingerprint density at radius 3 is 2.48 bits per heavy atom. The van der Waals surface area contributed by atoms with Gasteiger partial charge in [0.2, 0.25) is 11.8 Å². The van der Waals surface area contributed by atoms with Gasteiger partial charge in [0.25, 0.3) is 0 Å². The number of hydrogen-bond acceptors (Lipinski definition) is 4. The number of methoxy groups -OCH3 is 1. The largest absolute Gasteiger partial charge is 0.497 e. The number of likely N-dealkylation sites (tertiary alicyclic amines) is 1. The number of rotatable bonds is 5. The highest BCUT2D eigenvalue weighted by molar-refractivity contribution is 5.89. The lowest BCUT2D eigenvalue weighted by Crippen LogP contribution is -2.50. The van der Waals surface area contributed by atoms with Gasteiger partial charge in [-0.15, -0.1) is 0 Å². The van der Waals surface area contributed by atoms with Gasteiger partial charge in [-0.25, -0.2) is 0 Å². The molecule has 176 valence electrons. The molecule has 0 bridgehead atoms. The zero-order valence-corrected chi connectivity index (χ0v) is 18.3. The average molecular weight is 461 g/mol. The molecule has 2 aromatic carbocycles. The Balaban J connectivity index is 1.33. The minimum absolute atomic E-state index is 0.0567. The molecule has 1 atom stereocenters. The molecule has 0 saturated carbocycles. The molecule has 2 aromatic rings. The van der Waals surface area contributed by atoms with E-state index in [1.165, 1.54) is 6.07 Å². The topological polar surface area (TPSA) is 53.1 Å². The first-order valence-corrected chi connectivity index (χ1v) is 10.9. The smallest absolute Gasteiger partial charge is 0.416 e. The van der Waals surface area contributed by atoms with E-state index < -0.39 is 17.7 Å². The quantitative estimate of drug-likeness (QED) is 0.685. The van der Waals surface area contributed by atoms with Gasteiger partial charge in [0.15, 0.2) is 0 Å². The molecule has 0 N–H and O–H groups in total. The summed E-state index contributed by atoms with van der Waals surface area (Å²) in [5.74, 6) is 0.188. The molecule has 1 unspecified atom stereocenters. The summed E-state index contributed by atoms with van der Waals surface area (Å²) in [5, 5.41) is 0. The van der Waals surface area contributed by atoms with Crippen molar-refractivity contribution in [3.8, 4) is 5.75 Å². The Bertz CT molecular complexity index is 1020. The van der Waals surface area contributed by atoms with Crippen molar-refractivity contribution in [2.24, 2.45) is 5.92 Å². The van der Waals surface area contributed by atoms with Crippen LogP contribution in [0.3, 0.4) is 0 Å². The third kappa shape index (κ3) is 5.23. The van der Waals surface area contributed by atoms with Crippen LogP contribution in [0.5, 0.6) is 5.75 Å². The molecule has 2 aliphatic rings. The number of carbonyl (C=O) groups excluding carboxylic acids is 2. The number of nitrogens with zero attached hydrogens (tertiary/aromatic N) is 3. The Morgan fingerprint density at radius 1 is 1.06 bits per heavy atom. The number of piperazine rings is 1. The number of amides is 2. The second-order valence-electron chi connectivity index (χ2n) is 8.39. The summed E-state index contributed by atoms with van der Waals surface area (Å²) in [6.45, 7) is 2.50. The number of carbonyl (C=O) groups is 2. The maximum absolute atomic E-state index is 13.0. The van der Waals surface area contributed by atoms with Crippen LogP contribution in [0.25, 0.3) is 0 Å². The van der Waals surface area contributed by atoms with E-state index in [4.69, 9.17) is 4.74 Å². The summed E-state index contributed by atoms with van der Waals surface area (Å²) in [4.78, 5) is 30.8. The molecule has 33 heavy (non-hydrogen) atoms. The highest BCUT2D eigenvalue weighted by atomic mass is 19.4. The van der Waals surface area contributed by atoms with Gasteiger partial charge in [-0.1, -0.05) is 18.2 Å². The SMILES string of the molecule is COc1cccc(CN2CC(C(=O)N3CCN(c4cccc(C(F)(F)F)c4)CC3)CC2=O)c1. The molecule has 6 nitrogen and oxygen atoms in total. The van der Waals surface area contributed by atoms with Gasteiger partial charge in [0, 0.05) is 51.4 Å². The minimum Gasteiger partial charge on any atom is -0.497 e. The number of ether oxygens (including phenoxy) is 1. The molecule has 2 heterocycles. The van der Waals surface area contributed by atoms with Gasteiger partial charge in [0.1, 0.15) is 5.75 Å². The maximum Gasteiger partial charge on any atom is 0.416 e. The van der Waals surface area contributed by atoms with Gasteiger partial charge >= 0.3 is 6.18 Å². The molecule has 2 saturated heterocycles. The predicted molar refractivity (Wildman–Crippen MR) is 117 cm³/mol. The van der Waals surface area contributed by atoms with E-state index in [0.717, 1.165) is 17.7 Å². The Morgan fingerprint density at radius 2 is 1.79 bits per heavy atom. The lowest BCUT2D eigenvalue weighted by molar-refractivity contribution is -0.137. The zero-order chi connectivity index (χ0) is 23.6. The van der Waals surface area contributed by atoms with Crippen LogP contribution in [-0.2, 0) is 22.3 Å². The first kappa shape index (κ1) is 22.9. The first-order chi connectivity index (χ1) is 15.7. The molecule has 4 rings (SSSR count). The minimum atomic E-state index is -4.39. The van der Waals surface area contributed by atoms with Crippen LogP contribution < -0.4 is 9.64 Å². The summed E-state index contributed by atoms with van der Waals surface area (Å²) in [7, 11) is 1.58. The molecule has 0 spiro atoms. The maximum atomic E-state index is 13.0. The van der Waals surface area contributed by atoms with Crippen molar-refractivity contribution in [2.75, 3.05) is 44.7 Å². The first-order valence-electron chi connectivity index (χ1n) is 10.9. The van der Waals surface area contributed by atoms with Gasteiger partial charge in [-0.05, 0) is 35.9 Å². The summed E-state index contributed by atoms with van der Waals surface area (Å²) < 4.78 is 44.2. The zero-order valence-electron chi connectivity index (χ0n) is 18.3. The standard InChI is InChI=1S/C24H26F3N3O3/c1-33-21-7-2-4-17(12-21)15-30-16-18(13-22(30)31)23(32)29-10-8-28(9-11-29)20-6-3-5-19(14-20)24(25,26)27/h2-7,12,14,18H,8-11,13,15-16H2,1H3. The summed E-state index contributed by atoms with van der Waals surface area (Å²) >= 11 is 0. The van der Waals surface area contributed by atoms with Crippen molar-refractivity contribution < 1.29 is 27.5 Å². The molecule has 0 aliphatic carbocycles. The molecule has 0 radical (unpaired) electrons. The van der Waals surface area contributed by atoms with Crippen molar-refractivity contribution in [3.63, 3.8) is 0 Å². The number of benzene rings is 2. The van der Waals surface area contributed by atoms with Gasteiger partial charge in [-0.2, -0.15) is 13.2 Å². The summed E-state index contributed by atoms with van der Waals surface area (Å²) in [6, 6.07) is 12.7. The normalized spacial score (nSPS) is 19.2. The van der Waals surface area contributed by atoms with Gasteiger partial charge < -0.3 is 19.4 Å². The second-order valence-corrected chi connectivity index (χ2v) is 8.39. The Kier molecular flexibility index (Phi) is 6.49. The molecule has 0 aromatic heterocycles. The molecule has 2 amide bonds. The van der Waals surface area contributed by atoms with Gasteiger partial charge in [0.05, 0.1) is 18.6 Å². The number of anilines is 1. The van der Waals surface area contributed by atoms with Crippen molar-refractivity contribution in [3.05, 3.63) is 59.7 Å². The van der Waals surface area contributed by atoms with Crippen molar-refractivity contribution in [1.82, 2.24) is 9.80 Å². The third-order valence-corrected chi connectivity index (χ3v) is 6.20. The highest BCUT2D eigenvalue weighted by Gasteiger charge is 2.37. The van der Waals surface area contributed by atoms with E-state index in [-0.39, 0.29) is 18.2 Å². The lowest BCUT2D eigenvalue weighted by atomic mass is 10.1. The Labute approximate surface area is 190 Å². The van der Waals surface area contributed by atoms with Crippen LogP contribution in [-0.4, -0.2) is 61.4 Å².